The van der Waals surface area contributed by atoms with E-state index in [1.54, 1.807) is 13.3 Å². The second kappa shape index (κ2) is 7.09. The van der Waals surface area contributed by atoms with E-state index in [0.29, 0.717) is 0 Å². The van der Waals surface area contributed by atoms with Gasteiger partial charge in [0.2, 0.25) is 5.82 Å². The lowest BCUT2D eigenvalue weighted by Gasteiger charge is -2.13. The van der Waals surface area contributed by atoms with E-state index in [0.717, 1.165) is 28.4 Å². The Morgan fingerprint density at radius 1 is 1.27 bits per heavy atom. The zero-order valence-corrected chi connectivity index (χ0v) is 14.5. The van der Waals surface area contributed by atoms with Crippen molar-refractivity contribution in [1.82, 2.24) is 19.7 Å². The fourth-order valence-electron chi connectivity index (χ4n) is 2.69. The number of hydrogen-bond donors (Lipinski definition) is 3. The Morgan fingerprint density at radius 2 is 2.04 bits per heavy atom. The number of aromatic amines is 2. The van der Waals surface area contributed by atoms with Gasteiger partial charge in [-0.2, -0.15) is 5.10 Å². The van der Waals surface area contributed by atoms with Gasteiger partial charge >= 0.3 is 5.69 Å². The van der Waals surface area contributed by atoms with Gasteiger partial charge in [0, 0.05) is 17.0 Å². The van der Waals surface area contributed by atoms with Gasteiger partial charge in [-0.1, -0.05) is 12.1 Å². The summed E-state index contributed by atoms with van der Waals surface area (Å²) in [6.45, 7) is 3.95. The Hall–Kier alpha value is -3.62. The van der Waals surface area contributed by atoms with E-state index in [-0.39, 0.29) is 5.82 Å². The third-order valence-corrected chi connectivity index (χ3v) is 3.88. The number of para-hydroxylation sites is 2. The van der Waals surface area contributed by atoms with Gasteiger partial charge < -0.3 is 9.30 Å². The van der Waals surface area contributed by atoms with Gasteiger partial charge in [0.15, 0.2) is 0 Å². The molecule has 9 heteroatoms. The topological polar surface area (TPSA) is 117 Å². The van der Waals surface area contributed by atoms with Crippen molar-refractivity contribution in [2.24, 2.45) is 5.10 Å². The molecule has 0 radical (unpaired) electrons. The molecule has 0 amide bonds. The van der Waals surface area contributed by atoms with E-state index in [1.165, 1.54) is 0 Å². The average molecular weight is 354 g/mol. The van der Waals surface area contributed by atoms with Gasteiger partial charge in [0.1, 0.15) is 5.75 Å². The molecule has 26 heavy (non-hydrogen) atoms. The predicted octanol–water partition coefficient (Wildman–Crippen LogP) is 1.32. The Morgan fingerprint density at radius 3 is 2.77 bits per heavy atom. The van der Waals surface area contributed by atoms with Gasteiger partial charge in [-0.15, -0.1) is 5.10 Å². The van der Waals surface area contributed by atoms with Crippen LogP contribution in [0.25, 0.3) is 5.69 Å². The highest BCUT2D eigenvalue weighted by Gasteiger charge is 2.12. The van der Waals surface area contributed by atoms with Crippen LogP contribution >= 0.6 is 0 Å². The summed E-state index contributed by atoms with van der Waals surface area (Å²) in [5.74, 6) is 0.666. The Kier molecular flexibility index (Phi) is 4.70. The maximum Gasteiger partial charge on any atom is 0.342 e. The van der Waals surface area contributed by atoms with Crippen LogP contribution in [0.4, 0.5) is 5.82 Å². The van der Waals surface area contributed by atoms with Crippen molar-refractivity contribution in [2.45, 2.75) is 13.8 Å². The Labute approximate surface area is 148 Å². The molecule has 3 aromatic rings. The molecular weight excluding hydrogens is 336 g/mol. The van der Waals surface area contributed by atoms with Crippen molar-refractivity contribution < 1.29 is 4.74 Å². The van der Waals surface area contributed by atoms with Crippen LogP contribution in [0.15, 0.2) is 45.0 Å². The molecule has 2 heterocycles. The van der Waals surface area contributed by atoms with Crippen molar-refractivity contribution in [1.29, 1.82) is 0 Å². The van der Waals surface area contributed by atoms with Crippen LogP contribution in [0.3, 0.4) is 0 Å². The molecule has 0 atom stereocenters. The molecule has 2 aromatic heterocycles. The molecule has 0 bridgehead atoms. The van der Waals surface area contributed by atoms with Crippen molar-refractivity contribution in [2.75, 3.05) is 12.5 Å². The first-order valence-electron chi connectivity index (χ1n) is 7.81. The van der Waals surface area contributed by atoms with Crippen LogP contribution < -0.4 is 21.4 Å². The molecule has 9 nitrogen and oxygen atoms in total. The SMILES string of the molecule is COc1ccccc1-n1c(C)cc(/C=N\Nc2n[nH]c(=O)[nH]c2=O)c1C. The van der Waals surface area contributed by atoms with Gasteiger partial charge in [0.25, 0.3) is 5.56 Å². The van der Waals surface area contributed by atoms with Crippen LogP contribution in [0.5, 0.6) is 5.75 Å². The molecule has 0 saturated heterocycles. The lowest BCUT2D eigenvalue weighted by atomic mass is 10.2. The summed E-state index contributed by atoms with van der Waals surface area (Å²) in [5.41, 5.74) is 4.95. The van der Waals surface area contributed by atoms with E-state index in [2.05, 4.69) is 30.3 Å². The molecule has 3 N–H and O–H groups in total. The largest absolute Gasteiger partial charge is 0.495 e. The molecule has 0 fully saturated rings. The minimum Gasteiger partial charge on any atom is -0.495 e. The number of benzene rings is 1. The lowest BCUT2D eigenvalue weighted by Crippen LogP contribution is -2.25. The number of hydrogen-bond acceptors (Lipinski definition) is 6. The van der Waals surface area contributed by atoms with Crippen LogP contribution in [-0.2, 0) is 0 Å². The first-order valence-corrected chi connectivity index (χ1v) is 7.81. The number of anilines is 1. The highest BCUT2D eigenvalue weighted by Crippen LogP contribution is 2.27. The molecule has 134 valence electrons. The number of nitrogens with one attached hydrogen (secondary N) is 3. The van der Waals surface area contributed by atoms with Crippen LogP contribution in [0, 0.1) is 13.8 Å². The average Bonchev–Trinajstić information content (AvgIpc) is 2.90. The van der Waals surface area contributed by atoms with Gasteiger partial charge in [0.05, 0.1) is 19.0 Å². The Balaban J connectivity index is 1.90. The molecule has 0 unspecified atom stereocenters. The normalized spacial score (nSPS) is 11.0. The molecule has 0 aliphatic carbocycles. The standard InChI is InChI=1S/C17H18N6O3/c1-10-8-12(9-18-20-15-16(24)19-17(25)22-21-15)11(2)23(10)13-6-4-5-7-14(13)26-3/h4-9H,1-3H3,(H,20,21)(H2,19,22,24,25)/b18-9-. The fraction of sp³-hybridized carbons (Fsp3) is 0.176. The zero-order valence-electron chi connectivity index (χ0n) is 14.5. The summed E-state index contributed by atoms with van der Waals surface area (Å²) >= 11 is 0. The number of rotatable bonds is 5. The summed E-state index contributed by atoms with van der Waals surface area (Å²) in [7, 11) is 1.63. The fourth-order valence-corrected chi connectivity index (χ4v) is 2.69. The summed E-state index contributed by atoms with van der Waals surface area (Å²) in [6, 6.07) is 9.70. The summed E-state index contributed by atoms with van der Waals surface area (Å²) in [4.78, 5) is 24.6. The van der Waals surface area contributed by atoms with Crippen molar-refractivity contribution >= 4 is 12.0 Å². The minimum absolute atomic E-state index is 0.0978. The number of H-pyrrole nitrogens is 2. The van der Waals surface area contributed by atoms with E-state index in [1.807, 2.05) is 44.2 Å². The molecule has 1 aromatic carbocycles. The quantitative estimate of drug-likeness (QED) is 0.472. The number of aryl methyl sites for hydroxylation is 1. The van der Waals surface area contributed by atoms with Crippen LogP contribution in [0.1, 0.15) is 17.0 Å². The third kappa shape index (κ3) is 3.27. The van der Waals surface area contributed by atoms with Crippen molar-refractivity contribution in [3.63, 3.8) is 0 Å². The van der Waals surface area contributed by atoms with Crippen LogP contribution in [0.2, 0.25) is 0 Å². The number of methoxy groups -OCH3 is 1. The van der Waals surface area contributed by atoms with E-state index < -0.39 is 11.2 Å². The second-order valence-electron chi connectivity index (χ2n) is 5.56. The molecule has 0 aliphatic heterocycles. The molecule has 0 saturated carbocycles. The number of aromatic nitrogens is 4. The van der Waals surface area contributed by atoms with Gasteiger partial charge in [-0.05, 0) is 32.0 Å². The van der Waals surface area contributed by atoms with Crippen LogP contribution in [-0.4, -0.2) is 33.1 Å². The minimum atomic E-state index is -0.676. The molecule has 0 spiro atoms. The lowest BCUT2D eigenvalue weighted by molar-refractivity contribution is 0.412. The van der Waals surface area contributed by atoms with E-state index >= 15 is 0 Å². The maximum atomic E-state index is 11.6. The van der Waals surface area contributed by atoms with E-state index in [9.17, 15) is 9.59 Å². The summed E-state index contributed by atoms with van der Waals surface area (Å²) < 4.78 is 7.50. The zero-order chi connectivity index (χ0) is 18.7. The number of hydrazone groups is 1. The molecule has 0 aliphatic rings. The van der Waals surface area contributed by atoms with Crippen molar-refractivity contribution in [3.05, 3.63) is 68.1 Å². The predicted molar refractivity (Wildman–Crippen MR) is 98.5 cm³/mol. The second-order valence-corrected chi connectivity index (χ2v) is 5.56. The van der Waals surface area contributed by atoms with Gasteiger partial charge in [-0.3, -0.25) is 15.2 Å². The molecular formula is C17H18N6O3. The monoisotopic (exact) mass is 354 g/mol. The smallest absolute Gasteiger partial charge is 0.342 e. The molecule has 3 rings (SSSR count). The number of nitrogens with zero attached hydrogens (tertiary/aromatic N) is 3. The first-order chi connectivity index (χ1) is 12.5. The number of ether oxygens (including phenoxy) is 1. The van der Waals surface area contributed by atoms with E-state index in [4.69, 9.17) is 4.74 Å². The first kappa shape index (κ1) is 17.2. The van der Waals surface area contributed by atoms with Crippen molar-refractivity contribution in [3.8, 4) is 11.4 Å². The Bertz CT molecular complexity index is 1080. The van der Waals surface area contributed by atoms with Gasteiger partial charge in [-0.25, -0.2) is 9.89 Å². The maximum absolute atomic E-state index is 11.6. The summed E-state index contributed by atoms with van der Waals surface area (Å²) in [5, 5.41) is 9.76. The third-order valence-electron chi connectivity index (χ3n) is 3.88. The highest BCUT2D eigenvalue weighted by molar-refractivity contribution is 5.82. The summed E-state index contributed by atoms with van der Waals surface area (Å²) in [6.07, 6.45) is 1.58. The highest BCUT2D eigenvalue weighted by atomic mass is 16.5.